The average Bonchev–Trinajstić information content (AvgIpc) is 2.29. The van der Waals surface area contributed by atoms with Gasteiger partial charge in [-0.25, -0.2) is 4.79 Å². The minimum absolute atomic E-state index is 0.0332. The van der Waals surface area contributed by atoms with E-state index in [9.17, 15) is 19.7 Å². The number of carboxylic acids is 1. The van der Waals surface area contributed by atoms with Crippen LogP contribution in [0.15, 0.2) is 30.4 Å². The monoisotopic (exact) mass is 270 g/mol. The van der Waals surface area contributed by atoms with Crippen LogP contribution in [0.2, 0.25) is 5.02 Å². The number of rotatable bonds is 4. The number of non-ortho nitro benzene ring substituents is 1. The fraction of sp³-hybridized carbons (Fsp3) is 0. The lowest BCUT2D eigenvalue weighted by atomic mass is 10.2. The Labute approximate surface area is 106 Å². The zero-order valence-corrected chi connectivity index (χ0v) is 9.55. The maximum absolute atomic E-state index is 11.3. The lowest BCUT2D eigenvalue weighted by molar-refractivity contribution is -0.384. The lowest BCUT2D eigenvalue weighted by Gasteiger charge is -2.04. The van der Waals surface area contributed by atoms with Crippen molar-refractivity contribution < 1.29 is 19.6 Å². The molecule has 0 saturated carbocycles. The predicted octanol–water partition coefficient (Wildman–Crippen LogP) is 1.83. The molecule has 0 fully saturated rings. The second-order valence-corrected chi connectivity index (χ2v) is 3.49. The van der Waals surface area contributed by atoms with E-state index >= 15 is 0 Å². The van der Waals surface area contributed by atoms with Crippen LogP contribution in [0.1, 0.15) is 0 Å². The Hall–Kier alpha value is -2.41. The fourth-order valence-corrected chi connectivity index (χ4v) is 1.21. The summed E-state index contributed by atoms with van der Waals surface area (Å²) < 4.78 is 0. The van der Waals surface area contributed by atoms with Crippen molar-refractivity contribution in [1.82, 2.24) is 0 Å². The number of nitrogens with zero attached hydrogens (tertiary/aromatic N) is 1. The Kier molecular flexibility index (Phi) is 4.39. The molecule has 0 aliphatic heterocycles. The second kappa shape index (κ2) is 5.78. The number of benzene rings is 1. The van der Waals surface area contributed by atoms with Crippen LogP contribution < -0.4 is 5.32 Å². The van der Waals surface area contributed by atoms with Gasteiger partial charge in [-0.3, -0.25) is 14.9 Å². The van der Waals surface area contributed by atoms with Crippen molar-refractivity contribution in [3.05, 3.63) is 45.5 Å². The average molecular weight is 271 g/mol. The van der Waals surface area contributed by atoms with Crippen molar-refractivity contribution >= 4 is 34.9 Å². The molecule has 0 spiro atoms. The first-order valence-corrected chi connectivity index (χ1v) is 4.94. The van der Waals surface area contributed by atoms with Crippen molar-refractivity contribution in [1.29, 1.82) is 0 Å². The standard InChI is InChI=1S/C10H7ClN2O5/c11-7-2-1-6(13(17)18)5-8(7)12-9(14)3-4-10(15)16/h1-5H,(H,12,14)(H,15,16). The van der Waals surface area contributed by atoms with Gasteiger partial charge in [0.2, 0.25) is 5.91 Å². The van der Waals surface area contributed by atoms with Gasteiger partial charge in [-0.2, -0.15) is 0 Å². The Morgan fingerprint density at radius 3 is 2.61 bits per heavy atom. The van der Waals surface area contributed by atoms with Crippen LogP contribution in [-0.2, 0) is 9.59 Å². The van der Waals surface area contributed by atoms with Crippen LogP contribution in [0.3, 0.4) is 0 Å². The number of nitrogens with one attached hydrogen (secondary N) is 1. The van der Waals surface area contributed by atoms with Crippen molar-refractivity contribution in [2.75, 3.05) is 5.32 Å². The van der Waals surface area contributed by atoms with Gasteiger partial charge in [0.25, 0.3) is 5.69 Å². The zero-order chi connectivity index (χ0) is 13.7. The summed E-state index contributed by atoms with van der Waals surface area (Å²) in [6.07, 6.45) is 1.41. The van der Waals surface area contributed by atoms with Crippen molar-refractivity contribution in [2.45, 2.75) is 0 Å². The lowest BCUT2D eigenvalue weighted by Crippen LogP contribution is -2.09. The highest BCUT2D eigenvalue weighted by Crippen LogP contribution is 2.26. The first-order chi connectivity index (χ1) is 8.40. The minimum atomic E-state index is -1.28. The predicted molar refractivity (Wildman–Crippen MR) is 63.5 cm³/mol. The number of halogens is 1. The highest BCUT2D eigenvalue weighted by atomic mass is 35.5. The molecule has 0 radical (unpaired) electrons. The largest absolute Gasteiger partial charge is 0.478 e. The summed E-state index contributed by atoms with van der Waals surface area (Å²) in [5, 5.41) is 21.2. The van der Waals surface area contributed by atoms with Crippen molar-refractivity contribution in [3.63, 3.8) is 0 Å². The number of carboxylic acid groups (broad SMARTS) is 1. The zero-order valence-electron chi connectivity index (χ0n) is 8.79. The second-order valence-electron chi connectivity index (χ2n) is 3.08. The molecular weight excluding hydrogens is 264 g/mol. The quantitative estimate of drug-likeness (QED) is 0.493. The third kappa shape index (κ3) is 3.87. The molecule has 0 aromatic heterocycles. The molecule has 7 nitrogen and oxygen atoms in total. The Morgan fingerprint density at radius 2 is 2.06 bits per heavy atom. The number of amides is 1. The number of carbonyl (C=O) groups is 2. The van der Waals surface area contributed by atoms with Gasteiger partial charge in [0.05, 0.1) is 15.6 Å². The molecule has 0 saturated heterocycles. The van der Waals surface area contributed by atoms with Gasteiger partial charge < -0.3 is 10.4 Å². The van der Waals surface area contributed by atoms with E-state index in [0.717, 1.165) is 12.1 Å². The van der Waals surface area contributed by atoms with Crippen molar-refractivity contribution in [2.24, 2.45) is 0 Å². The highest BCUT2D eigenvalue weighted by Gasteiger charge is 2.11. The summed E-state index contributed by atoms with van der Waals surface area (Å²) in [5.41, 5.74) is -0.206. The molecular formula is C10H7ClN2O5. The van der Waals surface area contributed by atoms with E-state index in [1.54, 1.807) is 0 Å². The highest BCUT2D eigenvalue weighted by molar-refractivity contribution is 6.34. The number of nitro groups is 1. The van der Waals surface area contributed by atoms with E-state index in [1.165, 1.54) is 12.1 Å². The van der Waals surface area contributed by atoms with Gasteiger partial charge in [-0.05, 0) is 6.07 Å². The van der Waals surface area contributed by atoms with Gasteiger partial charge in [0.15, 0.2) is 0 Å². The summed E-state index contributed by atoms with van der Waals surface area (Å²) in [6, 6.07) is 3.52. The smallest absolute Gasteiger partial charge is 0.328 e. The Bertz CT molecular complexity index is 541. The van der Waals surface area contributed by atoms with Crippen LogP contribution >= 0.6 is 11.6 Å². The SMILES string of the molecule is O=C(O)C=CC(=O)Nc1cc([N+](=O)[O-])ccc1Cl. The Balaban J connectivity index is 2.90. The maximum Gasteiger partial charge on any atom is 0.328 e. The van der Waals surface area contributed by atoms with Gasteiger partial charge in [-0.1, -0.05) is 11.6 Å². The van der Waals surface area contributed by atoms with Crippen LogP contribution in [0.4, 0.5) is 11.4 Å². The summed E-state index contributed by atoms with van der Waals surface area (Å²) in [6.45, 7) is 0. The van der Waals surface area contributed by atoms with E-state index < -0.39 is 16.8 Å². The Morgan fingerprint density at radius 1 is 1.39 bits per heavy atom. The van der Waals surface area contributed by atoms with Crippen LogP contribution in [0, 0.1) is 10.1 Å². The summed E-state index contributed by atoms with van der Waals surface area (Å²) >= 11 is 5.73. The molecule has 0 bridgehead atoms. The summed E-state index contributed by atoms with van der Waals surface area (Å²) in [4.78, 5) is 31.3. The summed E-state index contributed by atoms with van der Waals surface area (Å²) in [5.74, 6) is -2.03. The van der Waals surface area contributed by atoms with E-state index in [4.69, 9.17) is 16.7 Å². The molecule has 0 aliphatic rings. The molecule has 1 aromatic carbocycles. The van der Waals surface area contributed by atoms with Gasteiger partial charge in [-0.15, -0.1) is 0 Å². The topological polar surface area (TPSA) is 110 Å². The number of carbonyl (C=O) groups excluding carboxylic acids is 1. The molecule has 1 aromatic rings. The first kappa shape index (κ1) is 13.7. The third-order valence-corrected chi connectivity index (χ3v) is 2.13. The van der Waals surface area contributed by atoms with Gasteiger partial charge >= 0.3 is 5.97 Å². The fourth-order valence-electron chi connectivity index (χ4n) is 1.04. The molecule has 18 heavy (non-hydrogen) atoms. The first-order valence-electron chi connectivity index (χ1n) is 4.56. The van der Waals surface area contributed by atoms with Crippen LogP contribution in [0.5, 0.6) is 0 Å². The molecule has 1 amide bonds. The minimum Gasteiger partial charge on any atom is -0.478 e. The normalized spacial score (nSPS) is 10.3. The third-order valence-electron chi connectivity index (χ3n) is 1.80. The van der Waals surface area contributed by atoms with Crippen LogP contribution in [0.25, 0.3) is 0 Å². The molecule has 94 valence electrons. The number of hydrogen-bond acceptors (Lipinski definition) is 4. The van der Waals surface area contributed by atoms with Crippen molar-refractivity contribution in [3.8, 4) is 0 Å². The molecule has 0 aliphatic carbocycles. The van der Waals surface area contributed by atoms with Gasteiger partial charge in [0, 0.05) is 24.3 Å². The molecule has 8 heteroatoms. The maximum atomic E-state index is 11.3. The molecule has 0 unspecified atom stereocenters. The van der Waals surface area contributed by atoms with E-state index in [-0.39, 0.29) is 16.4 Å². The van der Waals surface area contributed by atoms with E-state index in [1.807, 2.05) is 0 Å². The molecule has 1 rings (SSSR count). The van der Waals surface area contributed by atoms with Gasteiger partial charge in [0.1, 0.15) is 0 Å². The number of anilines is 1. The van der Waals surface area contributed by atoms with E-state index in [0.29, 0.717) is 6.08 Å². The number of nitro benzene ring substituents is 1. The number of aliphatic carboxylic acids is 1. The molecule has 0 atom stereocenters. The molecule has 2 N–H and O–H groups in total. The van der Waals surface area contributed by atoms with Crippen LogP contribution in [-0.4, -0.2) is 21.9 Å². The molecule has 0 heterocycles. The number of hydrogen-bond donors (Lipinski definition) is 2. The summed E-state index contributed by atoms with van der Waals surface area (Å²) in [7, 11) is 0. The van der Waals surface area contributed by atoms with E-state index in [2.05, 4.69) is 5.32 Å².